The van der Waals surface area contributed by atoms with Gasteiger partial charge in [-0.3, -0.25) is 9.59 Å². The van der Waals surface area contributed by atoms with Crippen molar-refractivity contribution in [2.75, 3.05) is 13.1 Å². The van der Waals surface area contributed by atoms with Crippen LogP contribution in [0.1, 0.15) is 24.2 Å². The second-order valence-electron chi connectivity index (χ2n) is 5.02. The van der Waals surface area contributed by atoms with Gasteiger partial charge in [-0.05, 0) is 48.6 Å². The molecule has 1 aromatic carbocycles. The Hall–Kier alpha value is -0.530. The first-order chi connectivity index (χ1) is 9.25. The van der Waals surface area contributed by atoms with Crippen molar-refractivity contribution in [2.24, 2.45) is 0 Å². The van der Waals surface area contributed by atoms with Gasteiger partial charge in [0, 0.05) is 21.7 Å². The molecule has 1 aliphatic rings. The van der Waals surface area contributed by atoms with Gasteiger partial charge in [0.2, 0.25) is 5.91 Å². The maximum Gasteiger partial charge on any atom is 0.255 e. The second kappa shape index (κ2) is 5.69. The molecule has 0 atom stereocenters. The zero-order valence-corrected chi connectivity index (χ0v) is 14.6. The second-order valence-corrected chi connectivity index (χ2v) is 6.94. The lowest BCUT2D eigenvalue weighted by Gasteiger charge is -2.41. The van der Waals surface area contributed by atoms with E-state index in [4.69, 9.17) is 23.2 Å². The summed E-state index contributed by atoms with van der Waals surface area (Å²) in [6.45, 7) is 4.34. The third-order valence-corrected chi connectivity index (χ3v) is 5.32. The van der Waals surface area contributed by atoms with Gasteiger partial charge in [-0.1, -0.05) is 23.2 Å². The van der Waals surface area contributed by atoms with Crippen LogP contribution in [0.15, 0.2) is 12.1 Å². The number of nitrogens with zero attached hydrogens (tertiary/aromatic N) is 1. The van der Waals surface area contributed by atoms with Gasteiger partial charge in [0.1, 0.15) is 5.54 Å². The molecule has 0 aromatic heterocycles. The predicted octanol–water partition coefficient (Wildman–Crippen LogP) is 2.95. The zero-order valence-electron chi connectivity index (χ0n) is 11.0. The van der Waals surface area contributed by atoms with Gasteiger partial charge < -0.3 is 10.2 Å². The third-order valence-electron chi connectivity index (χ3n) is 3.32. The van der Waals surface area contributed by atoms with Crippen LogP contribution in [0.5, 0.6) is 0 Å². The predicted molar refractivity (Wildman–Crippen MR) is 87.3 cm³/mol. The molecular weight excluding hydrogens is 414 g/mol. The lowest BCUT2D eigenvalue weighted by molar-refractivity contribution is -0.133. The highest BCUT2D eigenvalue weighted by Crippen LogP contribution is 2.29. The fraction of sp³-hybridized carbons (Fsp3) is 0.385. The Labute approximate surface area is 140 Å². The third kappa shape index (κ3) is 2.76. The molecule has 108 valence electrons. The summed E-state index contributed by atoms with van der Waals surface area (Å²) in [5.41, 5.74) is -0.474. The summed E-state index contributed by atoms with van der Waals surface area (Å²) < 4.78 is 0.639. The van der Waals surface area contributed by atoms with E-state index >= 15 is 0 Å². The van der Waals surface area contributed by atoms with Crippen LogP contribution >= 0.6 is 45.8 Å². The maximum absolute atomic E-state index is 12.7. The molecular formula is C13H13Cl2IN2O2. The van der Waals surface area contributed by atoms with Crippen molar-refractivity contribution in [3.63, 3.8) is 0 Å². The smallest absolute Gasteiger partial charge is 0.255 e. The fourth-order valence-electron chi connectivity index (χ4n) is 2.11. The van der Waals surface area contributed by atoms with Gasteiger partial charge in [0.15, 0.2) is 0 Å². The Morgan fingerprint density at radius 1 is 1.40 bits per heavy atom. The van der Waals surface area contributed by atoms with E-state index in [0.717, 1.165) is 0 Å². The lowest BCUT2D eigenvalue weighted by atomic mass is 9.97. The van der Waals surface area contributed by atoms with Crippen molar-refractivity contribution in [2.45, 2.75) is 19.4 Å². The number of carbonyl (C=O) groups excluding carboxylic acids is 2. The Balaban J connectivity index is 2.44. The first-order valence-corrected chi connectivity index (χ1v) is 7.83. The van der Waals surface area contributed by atoms with Crippen molar-refractivity contribution < 1.29 is 9.59 Å². The summed E-state index contributed by atoms with van der Waals surface area (Å²) in [6.07, 6.45) is 0. The highest BCUT2D eigenvalue weighted by molar-refractivity contribution is 14.1. The van der Waals surface area contributed by atoms with Crippen LogP contribution in [-0.4, -0.2) is 35.3 Å². The highest BCUT2D eigenvalue weighted by atomic mass is 127. The summed E-state index contributed by atoms with van der Waals surface area (Å²) >= 11 is 14.0. The van der Waals surface area contributed by atoms with Crippen molar-refractivity contribution in [3.8, 4) is 0 Å². The van der Waals surface area contributed by atoms with Crippen LogP contribution in [0.25, 0.3) is 0 Å². The highest BCUT2D eigenvalue weighted by Gasteiger charge is 2.41. The summed E-state index contributed by atoms with van der Waals surface area (Å²) in [5, 5.41) is 3.59. The van der Waals surface area contributed by atoms with Crippen molar-refractivity contribution in [1.82, 2.24) is 10.2 Å². The Kier molecular flexibility index (Phi) is 4.51. The quantitative estimate of drug-likeness (QED) is 0.554. The van der Waals surface area contributed by atoms with Gasteiger partial charge in [-0.15, -0.1) is 0 Å². The Morgan fingerprint density at radius 2 is 2.05 bits per heavy atom. The van der Waals surface area contributed by atoms with Gasteiger partial charge >= 0.3 is 0 Å². The van der Waals surface area contributed by atoms with Crippen LogP contribution in [0.2, 0.25) is 10.0 Å². The van der Waals surface area contributed by atoms with Gasteiger partial charge in [0.05, 0.1) is 10.6 Å². The SMILES string of the molecule is CC1(C)C(=O)NCCN1C(=O)c1cc(Cl)cc(Cl)c1I. The lowest BCUT2D eigenvalue weighted by Crippen LogP contribution is -2.63. The van der Waals surface area contributed by atoms with Crippen molar-refractivity contribution in [3.05, 3.63) is 31.3 Å². The molecule has 0 unspecified atom stereocenters. The van der Waals surface area contributed by atoms with Crippen LogP contribution in [0.4, 0.5) is 0 Å². The molecule has 20 heavy (non-hydrogen) atoms. The molecule has 1 heterocycles. The summed E-state index contributed by atoms with van der Waals surface area (Å²) in [5.74, 6) is -0.404. The van der Waals surface area contributed by atoms with E-state index in [1.165, 1.54) is 0 Å². The minimum Gasteiger partial charge on any atom is -0.352 e. The van der Waals surface area contributed by atoms with E-state index in [-0.39, 0.29) is 11.8 Å². The van der Waals surface area contributed by atoms with Crippen molar-refractivity contribution >= 4 is 57.6 Å². The van der Waals surface area contributed by atoms with E-state index in [0.29, 0.717) is 32.3 Å². The van der Waals surface area contributed by atoms with Gasteiger partial charge in [-0.25, -0.2) is 0 Å². The summed E-state index contributed by atoms with van der Waals surface area (Å²) in [6, 6.07) is 3.18. The molecule has 2 rings (SSSR count). The Morgan fingerprint density at radius 3 is 2.70 bits per heavy atom. The largest absolute Gasteiger partial charge is 0.352 e. The summed E-state index contributed by atoms with van der Waals surface area (Å²) in [7, 11) is 0. The number of carbonyl (C=O) groups is 2. The van der Waals surface area contributed by atoms with E-state index in [1.807, 2.05) is 22.6 Å². The molecule has 1 saturated heterocycles. The average molecular weight is 427 g/mol. The van der Waals surface area contributed by atoms with Crippen LogP contribution in [-0.2, 0) is 4.79 Å². The van der Waals surface area contributed by atoms with Crippen LogP contribution in [0, 0.1) is 3.57 Å². The summed E-state index contributed by atoms with van der Waals surface area (Å²) in [4.78, 5) is 26.2. The van der Waals surface area contributed by atoms with Crippen LogP contribution < -0.4 is 5.32 Å². The number of amides is 2. The number of hydrogen-bond acceptors (Lipinski definition) is 2. The molecule has 1 aromatic rings. The Bertz CT molecular complexity index is 590. The number of hydrogen-bond donors (Lipinski definition) is 1. The normalized spacial score (nSPS) is 17.9. The first-order valence-electron chi connectivity index (χ1n) is 6.00. The van der Waals surface area contributed by atoms with E-state index in [9.17, 15) is 9.59 Å². The minimum absolute atomic E-state index is 0.166. The first kappa shape index (κ1) is 15.9. The number of piperazine rings is 1. The monoisotopic (exact) mass is 426 g/mol. The van der Waals surface area contributed by atoms with E-state index in [1.54, 1.807) is 30.9 Å². The number of nitrogens with one attached hydrogen (secondary N) is 1. The van der Waals surface area contributed by atoms with Gasteiger partial charge in [0.25, 0.3) is 5.91 Å². The molecule has 0 saturated carbocycles. The zero-order chi connectivity index (χ0) is 15.1. The molecule has 0 spiro atoms. The maximum atomic E-state index is 12.7. The molecule has 4 nitrogen and oxygen atoms in total. The average Bonchev–Trinajstić information content (AvgIpc) is 2.36. The van der Waals surface area contributed by atoms with E-state index < -0.39 is 5.54 Å². The molecule has 1 N–H and O–H groups in total. The number of rotatable bonds is 1. The van der Waals surface area contributed by atoms with Crippen molar-refractivity contribution in [1.29, 1.82) is 0 Å². The topological polar surface area (TPSA) is 49.4 Å². The molecule has 0 radical (unpaired) electrons. The standard InChI is InChI=1S/C13H13Cl2IN2O2/c1-13(2)12(20)17-3-4-18(13)11(19)8-5-7(14)6-9(15)10(8)16/h5-6H,3-4H2,1-2H3,(H,17,20). The molecule has 0 aliphatic carbocycles. The molecule has 1 fully saturated rings. The fourth-order valence-corrected chi connectivity index (χ4v) is 3.15. The molecule has 2 amide bonds. The van der Waals surface area contributed by atoms with Gasteiger partial charge in [-0.2, -0.15) is 0 Å². The molecule has 0 bridgehead atoms. The molecule has 7 heteroatoms. The minimum atomic E-state index is -0.896. The number of benzene rings is 1. The van der Waals surface area contributed by atoms with E-state index in [2.05, 4.69) is 5.32 Å². The number of halogens is 3. The molecule has 1 aliphatic heterocycles. The van der Waals surface area contributed by atoms with Crippen LogP contribution in [0.3, 0.4) is 0 Å².